The van der Waals surface area contributed by atoms with Crippen molar-refractivity contribution in [3.05, 3.63) is 12.7 Å². The number of aliphatic hydroxyl groups is 2. The van der Waals surface area contributed by atoms with Crippen molar-refractivity contribution in [1.29, 1.82) is 0 Å². The summed E-state index contributed by atoms with van der Waals surface area (Å²) in [6.45, 7) is 23.2. The van der Waals surface area contributed by atoms with E-state index < -0.39 is 126 Å². The molecular weight excluding hydrogens is 698 g/mol. The van der Waals surface area contributed by atoms with Crippen molar-refractivity contribution in [1.82, 2.24) is 5.32 Å². The van der Waals surface area contributed by atoms with E-state index in [1.165, 1.54) is 13.0 Å². The molecule has 10 atom stereocenters. The fourth-order valence-electron chi connectivity index (χ4n) is 4.83. The Hall–Kier alpha value is -3.15. The van der Waals surface area contributed by atoms with E-state index in [1.54, 1.807) is 83.1 Å². The lowest BCUT2D eigenvalue weighted by Crippen LogP contribution is -2.69. The van der Waals surface area contributed by atoms with Gasteiger partial charge in [-0.1, -0.05) is 6.08 Å². The number of amides is 1. The molecule has 16 heteroatoms. The molecule has 2 saturated heterocycles. The third-order valence-corrected chi connectivity index (χ3v) is 8.02. The largest absolute Gasteiger partial charge is 0.462 e. The predicted octanol–water partition coefficient (Wildman–Crippen LogP) is 2.34. The first-order chi connectivity index (χ1) is 24.1. The van der Waals surface area contributed by atoms with E-state index in [0.29, 0.717) is 0 Å². The number of ether oxygens (including phenoxy) is 8. The molecule has 3 N–H and O–H groups in total. The number of carbonyl (C=O) groups excluding carboxylic acids is 5. The van der Waals surface area contributed by atoms with Gasteiger partial charge in [0.2, 0.25) is 5.91 Å². The number of aliphatic hydroxyl groups excluding tert-OH is 2. The van der Waals surface area contributed by atoms with Crippen LogP contribution in [0, 0.1) is 21.7 Å². The number of esters is 4. The summed E-state index contributed by atoms with van der Waals surface area (Å²) in [5, 5.41) is 25.6. The predicted molar refractivity (Wildman–Crippen MR) is 187 cm³/mol. The minimum absolute atomic E-state index is 0.0567. The van der Waals surface area contributed by atoms with Gasteiger partial charge < -0.3 is 53.4 Å². The van der Waals surface area contributed by atoms with Crippen molar-refractivity contribution in [2.24, 2.45) is 21.7 Å². The second-order valence-corrected chi connectivity index (χ2v) is 17.5. The van der Waals surface area contributed by atoms with E-state index in [9.17, 15) is 34.2 Å². The standard InChI is InChI=1S/C37H61NO15/c1-15-16-46-28-22(38-19(2)39)26(52-32(44)36(9,10)11)25(21(50-28)18-48-31(43)35(6,7)8)51-29-24(41)27(53-33(45)37(12,13)14)23(40)20(49-29)17-47-30(42)34(3,4)5/h15,20-29,40-41H,1,16-18H2,2-14H3,(H,38,39)/t20-,21-,22-,23+,24-,25-,26-,27+,28-,29+/m1/s1. The highest BCUT2D eigenvalue weighted by atomic mass is 16.7. The number of carbonyl (C=O) groups is 5. The first kappa shape index (κ1) is 46.0. The highest BCUT2D eigenvalue weighted by Gasteiger charge is 2.55. The fraction of sp³-hybridized carbons (Fsp3) is 0.811. The van der Waals surface area contributed by atoms with Crippen LogP contribution in [0.3, 0.4) is 0 Å². The van der Waals surface area contributed by atoms with Gasteiger partial charge in [0, 0.05) is 6.92 Å². The summed E-state index contributed by atoms with van der Waals surface area (Å²) in [7, 11) is 0. The van der Waals surface area contributed by atoms with Crippen LogP contribution < -0.4 is 5.32 Å². The number of hydrogen-bond acceptors (Lipinski definition) is 15. The van der Waals surface area contributed by atoms with Gasteiger partial charge >= 0.3 is 23.9 Å². The van der Waals surface area contributed by atoms with Crippen molar-refractivity contribution in [3.63, 3.8) is 0 Å². The van der Waals surface area contributed by atoms with Crippen molar-refractivity contribution >= 4 is 29.8 Å². The van der Waals surface area contributed by atoms with E-state index in [-0.39, 0.29) is 6.61 Å². The molecule has 0 aromatic rings. The zero-order chi connectivity index (χ0) is 40.9. The zero-order valence-electron chi connectivity index (χ0n) is 33.4. The zero-order valence-corrected chi connectivity index (χ0v) is 33.4. The summed E-state index contributed by atoms with van der Waals surface area (Å²) >= 11 is 0. The van der Waals surface area contributed by atoms with Crippen LogP contribution in [-0.2, 0) is 61.9 Å². The van der Waals surface area contributed by atoms with Gasteiger partial charge in [-0.05, 0) is 83.1 Å². The SMILES string of the molecule is C=CCO[C@@H]1O[C@H](COC(=O)C(C)(C)C)[C@@H](O[C@@H]2O[C@H](COC(=O)C(C)(C)C)[C@H](O)[C@H](OC(=O)C(C)(C)C)[C@H]2O)[C@H](OC(=O)C(C)(C)C)[C@H]1NC(C)=O. The van der Waals surface area contributed by atoms with Crippen molar-refractivity contribution in [3.8, 4) is 0 Å². The Kier molecular flexibility index (Phi) is 15.6. The molecule has 53 heavy (non-hydrogen) atoms. The molecule has 0 aromatic carbocycles. The maximum atomic E-state index is 13.5. The average molecular weight is 760 g/mol. The summed E-state index contributed by atoms with van der Waals surface area (Å²) in [5.41, 5.74) is -3.97. The maximum Gasteiger partial charge on any atom is 0.311 e. The average Bonchev–Trinajstić information content (AvgIpc) is 3.01. The maximum absolute atomic E-state index is 13.5. The number of rotatable bonds is 12. The summed E-state index contributed by atoms with van der Waals surface area (Å²) in [5.74, 6) is -3.27. The molecule has 0 spiro atoms. The molecule has 2 aliphatic rings. The van der Waals surface area contributed by atoms with Gasteiger partial charge in [0.1, 0.15) is 49.8 Å². The van der Waals surface area contributed by atoms with Gasteiger partial charge in [0.15, 0.2) is 24.8 Å². The molecule has 2 fully saturated rings. The van der Waals surface area contributed by atoms with E-state index >= 15 is 0 Å². The molecule has 16 nitrogen and oxygen atoms in total. The molecule has 1 amide bonds. The van der Waals surface area contributed by atoms with Crippen LogP contribution in [-0.4, -0.2) is 121 Å². The van der Waals surface area contributed by atoms with Crippen molar-refractivity contribution in [2.75, 3.05) is 19.8 Å². The molecule has 0 saturated carbocycles. The molecule has 2 rings (SSSR count). The number of hydrogen-bond donors (Lipinski definition) is 3. The molecule has 2 aliphatic heterocycles. The Labute approximate surface area is 312 Å². The second kappa shape index (κ2) is 18.0. The highest BCUT2D eigenvalue weighted by molar-refractivity contribution is 5.77. The summed E-state index contributed by atoms with van der Waals surface area (Å²) < 4.78 is 47.1. The Morgan fingerprint density at radius 1 is 0.642 bits per heavy atom. The molecule has 304 valence electrons. The third kappa shape index (κ3) is 13.0. The summed E-state index contributed by atoms with van der Waals surface area (Å²) in [6, 6.07) is -1.23. The van der Waals surface area contributed by atoms with Gasteiger partial charge in [-0.2, -0.15) is 0 Å². The topological polar surface area (TPSA) is 212 Å². The van der Waals surface area contributed by atoms with E-state index in [1.807, 2.05) is 0 Å². The van der Waals surface area contributed by atoms with Gasteiger partial charge in [-0.25, -0.2) is 0 Å². The molecule has 0 radical (unpaired) electrons. The van der Waals surface area contributed by atoms with Crippen LogP contribution in [0.25, 0.3) is 0 Å². The van der Waals surface area contributed by atoms with Crippen LogP contribution in [0.5, 0.6) is 0 Å². The van der Waals surface area contributed by atoms with Crippen LogP contribution in [0.15, 0.2) is 12.7 Å². The van der Waals surface area contributed by atoms with Gasteiger partial charge in [-0.3, -0.25) is 24.0 Å². The minimum atomic E-state index is -1.88. The van der Waals surface area contributed by atoms with E-state index in [0.717, 1.165) is 0 Å². The number of nitrogens with one attached hydrogen (secondary N) is 1. The lowest BCUT2D eigenvalue weighted by atomic mass is 9.93. The lowest BCUT2D eigenvalue weighted by molar-refractivity contribution is -0.350. The first-order valence-corrected chi connectivity index (χ1v) is 17.7. The van der Waals surface area contributed by atoms with Crippen LogP contribution in [0.2, 0.25) is 0 Å². The Morgan fingerprint density at radius 3 is 1.51 bits per heavy atom. The highest BCUT2D eigenvalue weighted by Crippen LogP contribution is 2.35. The van der Waals surface area contributed by atoms with Crippen LogP contribution >= 0.6 is 0 Å². The smallest absolute Gasteiger partial charge is 0.311 e. The Bertz CT molecular complexity index is 1300. The van der Waals surface area contributed by atoms with Crippen LogP contribution in [0.4, 0.5) is 0 Å². The van der Waals surface area contributed by atoms with Crippen molar-refractivity contribution in [2.45, 2.75) is 151 Å². The molecule has 2 heterocycles. The molecule has 0 aromatic heterocycles. The third-order valence-electron chi connectivity index (χ3n) is 8.02. The normalized spacial score (nSPS) is 29.7. The first-order valence-electron chi connectivity index (χ1n) is 17.7. The Morgan fingerprint density at radius 2 is 1.08 bits per heavy atom. The summed E-state index contributed by atoms with van der Waals surface area (Å²) in [6.07, 6.45) is -12.5. The van der Waals surface area contributed by atoms with Gasteiger partial charge in [0.05, 0.1) is 28.3 Å². The Balaban J connectivity index is 2.72. The van der Waals surface area contributed by atoms with Crippen molar-refractivity contribution < 1.29 is 72.1 Å². The molecule has 0 aliphatic carbocycles. The molecule has 0 bridgehead atoms. The van der Waals surface area contributed by atoms with E-state index in [2.05, 4.69) is 11.9 Å². The van der Waals surface area contributed by atoms with E-state index in [4.69, 9.17) is 37.9 Å². The second-order valence-electron chi connectivity index (χ2n) is 17.5. The minimum Gasteiger partial charge on any atom is -0.462 e. The molecule has 0 unspecified atom stereocenters. The quantitative estimate of drug-likeness (QED) is 0.148. The summed E-state index contributed by atoms with van der Waals surface area (Å²) in [4.78, 5) is 64.7. The van der Waals surface area contributed by atoms with Gasteiger partial charge in [0.25, 0.3) is 0 Å². The van der Waals surface area contributed by atoms with Crippen LogP contribution in [0.1, 0.15) is 90.0 Å². The van der Waals surface area contributed by atoms with Gasteiger partial charge in [-0.15, -0.1) is 6.58 Å². The fourth-order valence-corrected chi connectivity index (χ4v) is 4.83. The lowest BCUT2D eigenvalue weighted by Gasteiger charge is -2.49. The molecular formula is C37H61NO15. The monoisotopic (exact) mass is 759 g/mol.